The van der Waals surface area contributed by atoms with Crippen molar-refractivity contribution in [2.24, 2.45) is 16.3 Å². The largest absolute Gasteiger partial charge is 0.409 e. The molecule has 0 heterocycles. The summed E-state index contributed by atoms with van der Waals surface area (Å²) in [6, 6.07) is 9.59. The van der Waals surface area contributed by atoms with Crippen LogP contribution in [0.5, 0.6) is 0 Å². The molecule has 0 amide bonds. The first-order chi connectivity index (χ1) is 9.15. The lowest BCUT2D eigenvalue weighted by molar-refractivity contribution is 0.172. The summed E-state index contributed by atoms with van der Waals surface area (Å²) in [6.45, 7) is 1.30. The van der Waals surface area contributed by atoms with Crippen LogP contribution in [0.25, 0.3) is 0 Å². The van der Waals surface area contributed by atoms with E-state index in [9.17, 15) is 5.11 Å². The van der Waals surface area contributed by atoms with Gasteiger partial charge in [-0.2, -0.15) is 0 Å². The van der Waals surface area contributed by atoms with Crippen molar-refractivity contribution in [1.29, 1.82) is 0 Å². The van der Waals surface area contributed by atoms with Gasteiger partial charge >= 0.3 is 0 Å². The van der Waals surface area contributed by atoms with Crippen LogP contribution in [0.3, 0.4) is 0 Å². The lowest BCUT2D eigenvalue weighted by atomic mass is 10.0. The number of aliphatic hydroxyl groups excluding tert-OH is 1. The summed E-state index contributed by atoms with van der Waals surface area (Å²) in [5.41, 5.74) is 6.58. The number of hydrogen-bond donors (Lipinski definition) is 4. The molecule has 0 saturated heterocycles. The zero-order valence-electron chi connectivity index (χ0n) is 10.9. The number of aliphatic hydroxyl groups is 1. The summed E-state index contributed by atoms with van der Waals surface area (Å²) in [5, 5.41) is 24.9. The third-order valence-corrected chi connectivity index (χ3v) is 3.66. The van der Waals surface area contributed by atoms with Crippen LogP contribution >= 0.6 is 0 Å². The van der Waals surface area contributed by atoms with Crippen LogP contribution in [-0.4, -0.2) is 29.2 Å². The smallest absolute Gasteiger partial charge is 0.139 e. The van der Waals surface area contributed by atoms with Gasteiger partial charge in [-0.3, -0.25) is 0 Å². The highest BCUT2D eigenvalue weighted by Gasteiger charge is 2.42. The van der Waals surface area contributed by atoms with Crippen molar-refractivity contribution in [2.45, 2.75) is 25.4 Å². The first kappa shape index (κ1) is 13.8. The normalized spacial score (nSPS) is 19.1. The molecule has 0 bridgehead atoms. The Bertz CT molecular complexity index is 430. The summed E-state index contributed by atoms with van der Waals surface area (Å²) >= 11 is 0. The van der Waals surface area contributed by atoms with Crippen molar-refractivity contribution in [3.8, 4) is 0 Å². The molecule has 0 aromatic heterocycles. The number of benzene rings is 1. The maximum atomic E-state index is 10.0. The number of amidine groups is 1. The van der Waals surface area contributed by atoms with E-state index in [0.717, 1.165) is 24.9 Å². The van der Waals surface area contributed by atoms with E-state index >= 15 is 0 Å². The summed E-state index contributed by atoms with van der Waals surface area (Å²) < 4.78 is 0. The van der Waals surface area contributed by atoms with Gasteiger partial charge < -0.3 is 21.4 Å². The van der Waals surface area contributed by atoms with Gasteiger partial charge in [0.05, 0.1) is 6.10 Å². The fourth-order valence-corrected chi connectivity index (χ4v) is 2.28. The second kappa shape index (κ2) is 6.04. The first-order valence-electron chi connectivity index (χ1n) is 6.55. The predicted octanol–water partition coefficient (Wildman–Crippen LogP) is 1.23. The van der Waals surface area contributed by atoms with Crippen LogP contribution in [0, 0.1) is 5.41 Å². The van der Waals surface area contributed by atoms with Crippen molar-refractivity contribution in [3.05, 3.63) is 35.9 Å². The summed E-state index contributed by atoms with van der Waals surface area (Å²) in [6.07, 6.45) is 2.27. The molecule has 1 aromatic carbocycles. The van der Waals surface area contributed by atoms with Crippen molar-refractivity contribution in [3.63, 3.8) is 0 Å². The SMILES string of the molecule is NC(CC1(CNCC(O)c2ccccc2)CC1)=NO. The van der Waals surface area contributed by atoms with Crippen LogP contribution in [-0.2, 0) is 0 Å². The van der Waals surface area contributed by atoms with Crippen molar-refractivity contribution < 1.29 is 10.3 Å². The van der Waals surface area contributed by atoms with Crippen LogP contribution in [0.1, 0.15) is 30.9 Å². The Labute approximate surface area is 113 Å². The van der Waals surface area contributed by atoms with Gasteiger partial charge in [0, 0.05) is 19.5 Å². The van der Waals surface area contributed by atoms with Gasteiger partial charge in [0.25, 0.3) is 0 Å². The van der Waals surface area contributed by atoms with E-state index in [0.29, 0.717) is 13.0 Å². The standard InChI is InChI=1S/C14H21N3O2/c15-13(17-19)8-14(6-7-14)10-16-9-12(18)11-4-2-1-3-5-11/h1-5,12,16,18-19H,6-10H2,(H2,15,17). The fraction of sp³-hybridized carbons (Fsp3) is 0.500. The molecule has 104 valence electrons. The molecule has 1 saturated carbocycles. The summed E-state index contributed by atoms with van der Waals surface area (Å²) in [4.78, 5) is 0. The molecule has 2 rings (SSSR count). The van der Waals surface area contributed by atoms with Crippen LogP contribution in [0.15, 0.2) is 35.5 Å². The maximum Gasteiger partial charge on any atom is 0.139 e. The molecular weight excluding hydrogens is 242 g/mol. The van der Waals surface area contributed by atoms with E-state index in [2.05, 4.69) is 10.5 Å². The van der Waals surface area contributed by atoms with Crippen molar-refractivity contribution in [2.75, 3.05) is 13.1 Å². The summed E-state index contributed by atoms with van der Waals surface area (Å²) in [5.74, 6) is 0.280. The number of oxime groups is 1. The number of nitrogens with zero attached hydrogens (tertiary/aromatic N) is 1. The molecule has 0 spiro atoms. The van der Waals surface area contributed by atoms with Gasteiger partial charge in [-0.05, 0) is 23.8 Å². The highest BCUT2D eigenvalue weighted by molar-refractivity contribution is 5.80. The molecule has 1 unspecified atom stereocenters. The molecule has 19 heavy (non-hydrogen) atoms. The zero-order chi connectivity index (χ0) is 13.7. The van der Waals surface area contributed by atoms with Crippen LogP contribution < -0.4 is 11.1 Å². The van der Waals surface area contributed by atoms with Crippen molar-refractivity contribution in [1.82, 2.24) is 5.32 Å². The summed E-state index contributed by atoms with van der Waals surface area (Å²) in [7, 11) is 0. The fourth-order valence-electron chi connectivity index (χ4n) is 2.28. The maximum absolute atomic E-state index is 10.0. The average Bonchev–Trinajstić information content (AvgIpc) is 3.19. The molecule has 0 radical (unpaired) electrons. The number of hydrogen-bond acceptors (Lipinski definition) is 4. The lowest BCUT2D eigenvalue weighted by Crippen LogP contribution is -2.31. The van der Waals surface area contributed by atoms with E-state index < -0.39 is 6.10 Å². The average molecular weight is 263 g/mol. The zero-order valence-corrected chi connectivity index (χ0v) is 10.9. The first-order valence-corrected chi connectivity index (χ1v) is 6.55. The van der Waals surface area contributed by atoms with E-state index in [1.54, 1.807) is 0 Å². The monoisotopic (exact) mass is 263 g/mol. The quantitative estimate of drug-likeness (QED) is 0.258. The Morgan fingerprint density at radius 1 is 1.37 bits per heavy atom. The Kier molecular flexibility index (Phi) is 4.39. The van der Waals surface area contributed by atoms with Crippen LogP contribution in [0.2, 0.25) is 0 Å². The third kappa shape index (κ3) is 3.94. The van der Waals surface area contributed by atoms with Crippen LogP contribution in [0.4, 0.5) is 0 Å². The minimum Gasteiger partial charge on any atom is -0.409 e. The second-order valence-corrected chi connectivity index (χ2v) is 5.33. The molecule has 1 aromatic rings. The molecule has 5 heteroatoms. The van der Waals surface area contributed by atoms with Gasteiger partial charge in [0.15, 0.2) is 0 Å². The minimum atomic E-state index is -0.499. The van der Waals surface area contributed by atoms with Gasteiger partial charge in [-0.25, -0.2) is 0 Å². The third-order valence-electron chi connectivity index (χ3n) is 3.66. The molecular formula is C14H21N3O2. The number of nitrogens with two attached hydrogens (primary N) is 1. The van der Waals surface area contributed by atoms with E-state index in [-0.39, 0.29) is 11.3 Å². The van der Waals surface area contributed by atoms with Gasteiger partial charge in [0.1, 0.15) is 5.84 Å². The highest BCUT2D eigenvalue weighted by Crippen LogP contribution is 2.48. The molecule has 1 aliphatic rings. The van der Waals surface area contributed by atoms with Gasteiger partial charge in [-0.1, -0.05) is 35.5 Å². The van der Waals surface area contributed by atoms with Gasteiger partial charge in [0.2, 0.25) is 0 Å². The number of rotatable bonds is 7. The van der Waals surface area contributed by atoms with Gasteiger partial charge in [-0.15, -0.1) is 0 Å². The van der Waals surface area contributed by atoms with Crippen molar-refractivity contribution >= 4 is 5.84 Å². The van der Waals surface area contributed by atoms with E-state index in [1.165, 1.54) is 0 Å². The molecule has 1 fully saturated rings. The van der Waals surface area contributed by atoms with E-state index in [1.807, 2.05) is 30.3 Å². The predicted molar refractivity (Wildman–Crippen MR) is 74.0 cm³/mol. The highest BCUT2D eigenvalue weighted by atomic mass is 16.4. The molecule has 1 aliphatic carbocycles. The lowest BCUT2D eigenvalue weighted by Gasteiger charge is -2.17. The minimum absolute atomic E-state index is 0.118. The second-order valence-electron chi connectivity index (χ2n) is 5.33. The molecule has 0 aliphatic heterocycles. The Morgan fingerprint density at radius 2 is 2.05 bits per heavy atom. The number of nitrogens with one attached hydrogen (secondary N) is 1. The Morgan fingerprint density at radius 3 is 2.63 bits per heavy atom. The van der Waals surface area contributed by atoms with E-state index in [4.69, 9.17) is 10.9 Å². The molecule has 5 nitrogen and oxygen atoms in total. The Balaban J connectivity index is 1.75. The molecule has 5 N–H and O–H groups in total. The Hall–Kier alpha value is -1.59. The topological polar surface area (TPSA) is 90.9 Å². The molecule has 1 atom stereocenters.